The molecular formula is C15H21N3OS+. The van der Waals surface area contributed by atoms with Crippen molar-refractivity contribution in [3.8, 4) is 0 Å². The van der Waals surface area contributed by atoms with Crippen LogP contribution in [0.15, 0.2) is 11.6 Å². The van der Waals surface area contributed by atoms with Crippen molar-refractivity contribution in [3.63, 3.8) is 0 Å². The second kappa shape index (κ2) is 4.97. The number of hydrogen-bond acceptors (Lipinski definition) is 4. The van der Waals surface area contributed by atoms with E-state index in [2.05, 4.69) is 33.3 Å². The SMILES string of the molecule is CC(=O)C1SNC(C2=CC=[N+]3CCNC3[CH]2)C1C1CC1. The van der Waals surface area contributed by atoms with E-state index in [0.717, 1.165) is 19.0 Å². The number of Topliss-reactive ketones (excluding diaryl/α,β-unsaturated/α-hetero) is 1. The summed E-state index contributed by atoms with van der Waals surface area (Å²) in [5, 5.41) is 3.64. The Labute approximate surface area is 124 Å². The molecule has 20 heavy (non-hydrogen) atoms. The van der Waals surface area contributed by atoms with Crippen LogP contribution in [0.5, 0.6) is 0 Å². The van der Waals surface area contributed by atoms with Crippen molar-refractivity contribution < 1.29 is 9.37 Å². The standard InChI is InChI=1S/C15H21N3OS/c1-9(19)15-13(10-2-3-10)14(17-20-15)11-4-6-18-7-5-16-12(18)8-11/h4,6,8,10,12-17H,2-3,5,7H2,1H3/q+1. The highest BCUT2D eigenvalue weighted by atomic mass is 32.2. The summed E-state index contributed by atoms with van der Waals surface area (Å²) in [6, 6.07) is 0.335. The van der Waals surface area contributed by atoms with E-state index < -0.39 is 0 Å². The minimum Gasteiger partial charge on any atom is -0.299 e. The van der Waals surface area contributed by atoms with Gasteiger partial charge in [-0.1, -0.05) is 11.9 Å². The molecule has 1 aliphatic carbocycles. The van der Waals surface area contributed by atoms with Crippen molar-refractivity contribution in [2.75, 3.05) is 13.1 Å². The Bertz CT molecular complexity index is 497. The van der Waals surface area contributed by atoms with Crippen molar-refractivity contribution in [3.05, 3.63) is 18.1 Å². The van der Waals surface area contributed by atoms with Gasteiger partial charge in [0.05, 0.1) is 18.2 Å². The van der Waals surface area contributed by atoms with Crippen LogP contribution in [0.2, 0.25) is 0 Å². The number of allylic oxidation sites excluding steroid dienone is 1. The van der Waals surface area contributed by atoms with Gasteiger partial charge < -0.3 is 0 Å². The second-order valence-corrected chi connectivity index (χ2v) is 7.26. The smallest absolute Gasteiger partial charge is 0.214 e. The molecule has 1 saturated carbocycles. The summed E-state index contributed by atoms with van der Waals surface area (Å²) in [4.78, 5) is 11.9. The van der Waals surface area contributed by atoms with Crippen LogP contribution < -0.4 is 10.0 Å². The normalized spacial score (nSPS) is 40.2. The lowest BCUT2D eigenvalue weighted by molar-refractivity contribution is -0.533. The third-order valence-corrected chi connectivity index (χ3v) is 6.16. The summed E-state index contributed by atoms with van der Waals surface area (Å²) in [5.41, 5.74) is 1.36. The van der Waals surface area contributed by atoms with Crippen LogP contribution >= 0.6 is 11.9 Å². The van der Waals surface area contributed by atoms with Crippen LogP contribution in [0.1, 0.15) is 19.8 Å². The van der Waals surface area contributed by atoms with Gasteiger partial charge in [0.1, 0.15) is 5.78 Å². The maximum Gasteiger partial charge on any atom is 0.214 e. The molecule has 2 saturated heterocycles. The minimum atomic E-state index is 0.136. The lowest BCUT2D eigenvalue weighted by Crippen LogP contribution is -2.40. The fourth-order valence-corrected chi connectivity index (χ4v) is 4.96. The summed E-state index contributed by atoms with van der Waals surface area (Å²) in [6.07, 6.45) is 9.70. The molecule has 4 unspecified atom stereocenters. The van der Waals surface area contributed by atoms with E-state index in [1.165, 1.54) is 18.4 Å². The molecule has 1 radical (unpaired) electrons. The molecule has 2 N–H and O–H groups in total. The molecule has 0 spiro atoms. The number of hydrogen-bond donors (Lipinski definition) is 2. The maximum atomic E-state index is 11.9. The van der Waals surface area contributed by atoms with Crippen molar-refractivity contribution in [2.24, 2.45) is 11.8 Å². The predicted molar refractivity (Wildman–Crippen MR) is 80.6 cm³/mol. The Morgan fingerprint density at radius 1 is 1.45 bits per heavy atom. The van der Waals surface area contributed by atoms with E-state index in [9.17, 15) is 4.79 Å². The van der Waals surface area contributed by atoms with Crippen LogP contribution in [0.3, 0.4) is 0 Å². The molecule has 3 aliphatic heterocycles. The first-order chi connectivity index (χ1) is 9.74. The van der Waals surface area contributed by atoms with Gasteiger partial charge in [0, 0.05) is 18.0 Å². The summed E-state index contributed by atoms with van der Waals surface area (Å²) >= 11 is 1.65. The highest BCUT2D eigenvalue weighted by Crippen LogP contribution is 2.48. The Morgan fingerprint density at radius 2 is 2.30 bits per heavy atom. The van der Waals surface area contributed by atoms with Crippen LogP contribution in [0, 0.1) is 18.3 Å². The zero-order chi connectivity index (χ0) is 13.7. The van der Waals surface area contributed by atoms with E-state index in [-0.39, 0.29) is 5.25 Å². The van der Waals surface area contributed by atoms with E-state index in [1.54, 1.807) is 18.9 Å². The molecule has 4 aliphatic rings. The highest BCUT2D eigenvalue weighted by Gasteiger charge is 2.49. The van der Waals surface area contributed by atoms with Gasteiger partial charge in [-0.25, -0.2) is 4.58 Å². The molecule has 4 atom stereocenters. The summed E-state index contributed by atoms with van der Waals surface area (Å²) < 4.78 is 5.87. The molecule has 0 aromatic heterocycles. The fraction of sp³-hybridized carbons (Fsp3) is 0.667. The van der Waals surface area contributed by atoms with E-state index >= 15 is 0 Å². The zero-order valence-corrected chi connectivity index (χ0v) is 12.5. The van der Waals surface area contributed by atoms with Gasteiger partial charge in [0.2, 0.25) is 6.17 Å². The summed E-state index contributed by atoms with van der Waals surface area (Å²) in [7, 11) is 0. The first-order valence-corrected chi connectivity index (χ1v) is 8.42. The van der Waals surface area contributed by atoms with Gasteiger partial charge in [-0.2, -0.15) is 0 Å². The topological polar surface area (TPSA) is 44.1 Å². The number of carbonyl (C=O) groups excluding carboxylic acids is 1. The molecule has 107 valence electrons. The Balaban J connectivity index is 1.57. The average Bonchev–Trinajstić information content (AvgIpc) is 3.02. The fourth-order valence-electron chi connectivity index (χ4n) is 3.67. The number of rotatable bonds is 3. The third-order valence-electron chi connectivity index (χ3n) is 4.87. The van der Waals surface area contributed by atoms with Crippen molar-refractivity contribution in [2.45, 2.75) is 37.2 Å². The summed E-state index contributed by atoms with van der Waals surface area (Å²) in [5.74, 6) is 1.53. The van der Waals surface area contributed by atoms with Crippen LogP contribution in [0.25, 0.3) is 0 Å². The van der Waals surface area contributed by atoms with Crippen molar-refractivity contribution >= 4 is 23.9 Å². The van der Waals surface area contributed by atoms with E-state index in [1.807, 2.05) is 0 Å². The molecule has 0 amide bonds. The van der Waals surface area contributed by atoms with Crippen molar-refractivity contribution in [1.82, 2.24) is 10.0 Å². The first kappa shape index (κ1) is 13.0. The third kappa shape index (κ3) is 2.16. The Hall–Kier alpha value is -0.650. The molecule has 5 heteroatoms. The molecular weight excluding hydrogens is 270 g/mol. The lowest BCUT2D eigenvalue weighted by Gasteiger charge is -2.25. The van der Waals surface area contributed by atoms with Gasteiger partial charge >= 0.3 is 0 Å². The van der Waals surface area contributed by atoms with E-state index in [4.69, 9.17) is 0 Å². The van der Waals surface area contributed by atoms with Gasteiger partial charge in [0.25, 0.3) is 0 Å². The first-order valence-electron chi connectivity index (χ1n) is 7.55. The number of nitrogens with one attached hydrogen (secondary N) is 2. The number of carbonyl (C=O) groups is 1. The predicted octanol–water partition coefficient (Wildman–Crippen LogP) is 0.747. The molecule has 4 nitrogen and oxygen atoms in total. The van der Waals surface area contributed by atoms with Crippen LogP contribution in [0.4, 0.5) is 0 Å². The molecule has 0 aromatic rings. The Morgan fingerprint density at radius 3 is 3.05 bits per heavy atom. The number of nitrogens with zero attached hydrogens (tertiary/aromatic N) is 1. The molecule has 4 rings (SSSR count). The van der Waals surface area contributed by atoms with Gasteiger partial charge in [-0.05, 0) is 31.3 Å². The van der Waals surface area contributed by atoms with Gasteiger partial charge in [-0.3, -0.25) is 14.8 Å². The molecule has 3 heterocycles. The quantitative estimate of drug-likeness (QED) is 0.595. The number of fused-ring (bicyclic) bond motifs is 1. The zero-order valence-electron chi connectivity index (χ0n) is 11.7. The molecule has 3 fully saturated rings. The van der Waals surface area contributed by atoms with Crippen molar-refractivity contribution in [1.29, 1.82) is 0 Å². The lowest BCUT2D eigenvalue weighted by atomic mass is 9.83. The van der Waals surface area contributed by atoms with E-state index in [0.29, 0.717) is 23.9 Å². The Kier molecular flexibility index (Phi) is 3.24. The summed E-state index contributed by atoms with van der Waals surface area (Å²) in [6.45, 7) is 3.87. The van der Waals surface area contributed by atoms with Crippen LogP contribution in [-0.2, 0) is 4.79 Å². The van der Waals surface area contributed by atoms with Crippen LogP contribution in [-0.4, -0.2) is 47.1 Å². The number of ketones is 1. The largest absolute Gasteiger partial charge is 0.299 e. The average molecular weight is 291 g/mol. The maximum absolute atomic E-state index is 11.9. The molecule has 0 bridgehead atoms. The highest BCUT2D eigenvalue weighted by molar-refractivity contribution is 7.99. The second-order valence-electron chi connectivity index (χ2n) is 6.28. The van der Waals surface area contributed by atoms with Gasteiger partial charge in [-0.15, -0.1) is 0 Å². The molecule has 0 aromatic carbocycles. The van der Waals surface area contributed by atoms with Gasteiger partial charge in [0.15, 0.2) is 12.8 Å². The monoisotopic (exact) mass is 291 g/mol. The minimum absolute atomic E-state index is 0.136.